The van der Waals surface area contributed by atoms with Gasteiger partial charge in [-0.3, -0.25) is 0 Å². The van der Waals surface area contributed by atoms with Crippen LogP contribution in [-0.2, 0) is 12.6 Å². The molecule has 1 unspecified atom stereocenters. The van der Waals surface area contributed by atoms with Crippen molar-refractivity contribution in [3.05, 3.63) is 70.3 Å². The molecule has 0 amide bonds. The molecule has 1 nitrogen and oxygen atoms in total. The molecular formula is C17H17F3O. The van der Waals surface area contributed by atoms with E-state index in [1.165, 1.54) is 12.1 Å². The van der Waals surface area contributed by atoms with E-state index in [4.69, 9.17) is 0 Å². The highest BCUT2D eigenvalue weighted by Crippen LogP contribution is 2.31. The Morgan fingerprint density at radius 2 is 1.57 bits per heavy atom. The van der Waals surface area contributed by atoms with Crippen LogP contribution in [0.1, 0.15) is 33.9 Å². The molecule has 1 atom stereocenters. The van der Waals surface area contributed by atoms with Crippen molar-refractivity contribution in [2.75, 3.05) is 0 Å². The van der Waals surface area contributed by atoms with Gasteiger partial charge in [-0.05, 0) is 48.2 Å². The molecule has 112 valence electrons. The highest BCUT2D eigenvalue weighted by atomic mass is 19.4. The molecule has 2 rings (SSSR count). The fourth-order valence-corrected chi connectivity index (χ4v) is 2.40. The normalized spacial score (nSPS) is 13.2. The molecule has 0 aromatic heterocycles. The molecule has 2 aromatic carbocycles. The Balaban J connectivity index is 2.27. The summed E-state index contributed by atoms with van der Waals surface area (Å²) in [6, 6.07) is 10.7. The van der Waals surface area contributed by atoms with Gasteiger partial charge >= 0.3 is 6.18 Å². The zero-order valence-corrected chi connectivity index (χ0v) is 11.9. The number of aryl methyl sites for hydroxylation is 2. The molecule has 0 spiro atoms. The summed E-state index contributed by atoms with van der Waals surface area (Å²) in [5, 5.41) is 10.2. The van der Waals surface area contributed by atoms with E-state index in [1.54, 1.807) is 0 Å². The van der Waals surface area contributed by atoms with Crippen LogP contribution in [0.4, 0.5) is 13.2 Å². The summed E-state index contributed by atoms with van der Waals surface area (Å²) in [7, 11) is 0. The molecule has 0 heterocycles. The lowest BCUT2D eigenvalue weighted by Crippen LogP contribution is -2.09. The highest BCUT2D eigenvalue weighted by Gasteiger charge is 2.30. The molecule has 1 N–H and O–H groups in total. The van der Waals surface area contributed by atoms with Gasteiger partial charge in [-0.2, -0.15) is 13.2 Å². The van der Waals surface area contributed by atoms with E-state index in [0.29, 0.717) is 6.42 Å². The minimum atomic E-state index is -4.39. The van der Waals surface area contributed by atoms with E-state index in [9.17, 15) is 18.3 Å². The summed E-state index contributed by atoms with van der Waals surface area (Å²) in [4.78, 5) is 0. The number of hydrogen-bond acceptors (Lipinski definition) is 1. The second-order valence-corrected chi connectivity index (χ2v) is 5.21. The van der Waals surface area contributed by atoms with Crippen molar-refractivity contribution in [2.24, 2.45) is 0 Å². The predicted molar refractivity (Wildman–Crippen MR) is 76.0 cm³/mol. The molecule has 0 fully saturated rings. The second kappa shape index (κ2) is 5.90. The first-order valence-electron chi connectivity index (χ1n) is 6.69. The summed E-state index contributed by atoms with van der Waals surface area (Å²) < 4.78 is 38.1. The topological polar surface area (TPSA) is 20.2 Å². The number of benzene rings is 2. The lowest BCUT2D eigenvalue weighted by Gasteiger charge is -2.16. The van der Waals surface area contributed by atoms with Crippen molar-refractivity contribution in [1.82, 2.24) is 0 Å². The van der Waals surface area contributed by atoms with Crippen LogP contribution in [0.3, 0.4) is 0 Å². The Hall–Kier alpha value is -1.81. The number of halogens is 3. The van der Waals surface area contributed by atoms with E-state index in [-0.39, 0.29) is 5.56 Å². The zero-order chi connectivity index (χ0) is 15.6. The highest BCUT2D eigenvalue weighted by molar-refractivity contribution is 5.36. The maximum absolute atomic E-state index is 12.7. The third-order valence-electron chi connectivity index (χ3n) is 3.64. The molecule has 0 radical (unpaired) electrons. The molecule has 4 heteroatoms. The van der Waals surface area contributed by atoms with Gasteiger partial charge in [-0.25, -0.2) is 0 Å². The number of rotatable bonds is 3. The van der Waals surface area contributed by atoms with Crippen LogP contribution in [0.2, 0.25) is 0 Å². The average molecular weight is 294 g/mol. The SMILES string of the molecule is Cc1cccc(C)c1CC(O)c1cccc(C(F)(F)F)c1. The Kier molecular flexibility index (Phi) is 4.37. The smallest absolute Gasteiger partial charge is 0.388 e. The number of hydrogen-bond donors (Lipinski definition) is 1. The van der Waals surface area contributed by atoms with Gasteiger partial charge in [0, 0.05) is 6.42 Å². The van der Waals surface area contributed by atoms with E-state index >= 15 is 0 Å². The van der Waals surface area contributed by atoms with Crippen LogP contribution in [-0.4, -0.2) is 5.11 Å². The standard InChI is InChI=1S/C17H17F3O/c1-11-5-3-6-12(2)15(11)10-16(21)13-7-4-8-14(9-13)17(18,19)20/h3-9,16,21H,10H2,1-2H3. The van der Waals surface area contributed by atoms with Gasteiger partial charge in [-0.15, -0.1) is 0 Å². The van der Waals surface area contributed by atoms with Gasteiger partial charge in [0.25, 0.3) is 0 Å². The summed E-state index contributed by atoms with van der Waals surface area (Å²) in [5.74, 6) is 0. The average Bonchev–Trinajstić information content (AvgIpc) is 2.42. The second-order valence-electron chi connectivity index (χ2n) is 5.21. The van der Waals surface area contributed by atoms with Crippen LogP contribution in [0.15, 0.2) is 42.5 Å². The first-order valence-corrected chi connectivity index (χ1v) is 6.69. The molecule has 2 aromatic rings. The van der Waals surface area contributed by atoms with Crippen molar-refractivity contribution in [2.45, 2.75) is 32.5 Å². The van der Waals surface area contributed by atoms with Crippen LogP contribution < -0.4 is 0 Å². The van der Waals surface area contributed by atoms with Crippen LogP contribution in [0.25, 0.3) is 0 Å². The van der Waals surface area contributed by atoms with Crippen molar-refractivity contribution in [1.29, 1.82) is 0 Å². The largest absolute Gasteiger partial charge is 0.416 e. The van der Waals surface area contributed by atoms with Crippen LogP contribution in [0.5, 0.6) is 0 Å². The Morgan fingerprint density at radius 3 is 2.14 bits per heavy atom. The molecule has 0 saturated heterocycles. The molecule has 0 aliphatic heterocycles. The quantitative estimate of drug-likeness (QED) is 0.877. The van der Waals surface area contributed by atoms with Gasteiger partial charge < -0.3 is 5.11 Å². The maximum Gasteiger partial charge on any atom is 0.416 e. The van der Waals surface area contributed by atoms with Crippen LogP contribution >= 0.6 is 0 Å². The molecule has 0 bridgehead atoms. The van der Waals surface area contributed by atoms with Gasteiger partial charge in [0.05, 0.1) is 11.7 Å². The van der Waals surface area contributed by atoms with E-state index in [2.05, 4.69) is 0 Å². The summed E-state index contributed by atoms with van der Waals surface area (Å²) in [6.07, 6.45) is -5.04. The van der Waals surface area contributed by atoms with Gasteiger partial charge in [0.1, 0.15) is 0 Å². The Labute approximate surface area is 122 Å². The third kappa shape index (κ3) is 3.64. The molecule has 0 aliphatic rings. The predicted octanol–water partition coefficient (Wildman–Crippen LogP) is 4.60. The van der Waals surface area contributed by atoms with Crippen molar-refractivity contribution in [3.8, 4) is 0 Å². The zero-order valence-electron chi connectivity index (χ0n) is 11.9. The Bertz CT molecular complexity index is 612. The van der Waals surface area contributed by atoms with Crippen molar-refractivity contribution < 1.29 is 18.3 Å². The van der Waals surface area contributed by atoms with Gasteiger partial charge in [0.15, 0.2) is 0 Å². The lowest BCUT2D eigenvalue weighted by molar-refractivity contribution is -0.137. The van der Waals surface area contributed by atoms with Gasteiger partial charge in [-0.1, -0.05) is 30.3 Å². The molecule has 0 aliphatic carbocycles. The Morgan fingerprint density at radius 1 is 1.00 bits per heavy atom. The van der Waals surface area contributed by atoms with E-state index in [0.717, 1.165) is 28.8 Å². The van der Waals surface area contributed by atoms with E-state index < -0.39 is 17.8 Å². The first-order chi connectivity index (χ1) is 9.79. The molecular weight excluding hydrogens is 277 g/mol. The van der Waals surface area contributed by atoms with Crippen molar-refractivity contribution in [3.63, 3.8) is 0 Å². The minimum Gasteiger partial charge on any atom is -0.388 e. The fraction of sp³-hybridized carbons (Fsp3) is 0.294. The maximum atomic E-state index is 12.7. The van der Waals surface area contributed by atoms with Gasteiger partial charge in [0.2, 0.25) is 0 Å². The summed E-state index contributed by atoms with van der Waals surface area (Å²) in [5.41, 5.74) is 2.58. The lowest BCUT2D eigenvalue weighted by atomic mass is 9.94. The first kappa shape index (κ1) is 15.6. The molecule has 21 heavy (non-hydrogen) atoms. The van der Waals surface area contributed by atoms with Crippen LogP contribution in [0, 0.1) is 13.8 Å². The van der Waals surface area contributed by atoms with E-state index in [1.807, 2.05) is 32.0 Å². The minimum absolute atomic E-state index is 0.285. The van der Waals surface area contributed by atoms with Crippen molar-refractivity contribution >= 4 is 0 Å². The number of alkyl halides is 3. The third-order valence-corrected chi connectivity index (χ3v) is 3.64. The summed E-state index contributed by atoms with van der Waals surface area (Å²) in [6.45, 7) is 3.86. The summed E-state index contributed by atoms with van der Waals surface area (Å²) >= 11 is 0. The number of aliphatic hydroxyl groups is 1. The fourth-order valence-electron chi connectivity index (χ4n) is 2.40. The number of aliphatic hydroxyl groups excluding tert-OH is 1. The molecule has 0 saturated carbocycles. The monoisotopic (exact) mass is 294 g/mol.